The lowest BCUT2D eigenvalue weighted by molar-refractivity contribution is 0.776. The summed E-state index contributed by atoms with van der Waals surface area (Å²) >= 11 is 1.90. The summed E-state index contributed by atoms with van der Waals surface area (Å²) in [6.45, 7) is 3.28. The van der Waals surface area contributed by atoms with Crippen molar-refractivity contribution in [3.05, 3.63) is 133 Å². The smallest absolute Gasteiger partial charge is 0.0554 e. The van der Waals surface area contributed by atoms with Crippen LogP contribution in [0.15, 0.2) is 143 Å². The summed E-state index contributed by atoms with van der Waals surface area (Å²) in [6.07, 6.45) is 2.31. The van der Waals surface area contributed by atoms with Crippen LogP contribution in [0.2, 0.25) is 0 Å². The van der Waals surface area contributed by atoms with E-state index in [4.69, 9.17) is 0 Å². The van der Waals surface area contributed by atoms with Gasteiger partial charge in [-0.3, -0.25) is 0 Å². The highest BCUT2D eigenvalue weighted by Crippen LogP contribution is 2.50. The second-order valence-electron chi connectivity index (χ2n) is 11.7. The number of nitrogens with zero attached hydrogens (tertiary/aromatic N) is 3. The number of benzene rings is 6. The van der Waals surface area contributed by atoms with Crippen LogP contribution in [0.1, 0.15) is 19.8 Å². The van der Waals surface area contributed by atoms with Crippen LogP contribution in [0.5, 0.6) is 0 Å². The summed E-state index contributed by atoms with van der Waals surface area (Å²) < 4.78 is 4.85. The minimum atomic E-state index is 1.00. The third-order valence-electron chi connectivity index (χ3n) is 9.10. The van der Waals surface area contributed by atoms with Gasteiger partial charge in [-0.2, -0.15) is 0 Å². The molecule has 0 unspecified atom stereocenters. The van der Waals surface area contributed by atoms with E-state index in [1.807, 2.05) is 11.8 Å². The fraction of sp³-hybridized carbons (Fsp3) is 0.100. The van der Waals surface area contributed by atoms with Crippen molar-refractivity contribution >= 4 is 66.7 Å². The van der Waals surface area contributed by atoms with Crippen molar-refractivity contribution in [2.45, 2.75) is 29.6 Å². The molecule has 44 heavy (non-hydrogen) atoms. The normalized spacial score (nSPS) is 12.8. The van der Waals surface area contributed by atoms with Gasteiger partial charge >= 0.3 is 0 Å². The van der Waals surface area contributed by atoms with Gasteiger partial charge in [0.25, 0.3) is 0 Å². The molecule has 0 aliphatic carbocycles. The first kappa shape index (κ1) is 25.6. The molecule has 0 spiro atoms. The molecular formula is C40H31N3S. The average Bonchev–Trinajstić information content (AvgIpc) is 3.59. The molecule has 6 aromatic carbocycles. The summed E-state index contributed by atoms with van der Waals surface area (Å²) in [7, 11) is 0. The van der Waals surface area contributed by atoms with E-state index < -0.39 is 0 Å². The minimum absolute atomic E-state index is 1.00. The van der Waals surface area contributed by atoms with Crippen molar-refractivity contribution in [1.29, 1.82) is 0 Å². The number of para-hydroxylation sites is 4. The Kier molecular flexibility index (Phi) is 5.85. The number of fused-ring (bicyclic) bond motifs is 8. The van der Waals surface area contributed by atoms with Gasteiger partial charge in [-0.25, -0.2) is 0 Å². The molecule has 0 saturated heterocycles. The highest BCUT2D eigenvalue weighted by atomic mass is 32.2. The lowest BCUT2D eigenvalue weighted by atomic mass is 10.1. The fourth-order valence-electron chi connectivity index (χ4n) is 7.10. The number of rotatable bonds is 5. The van der Waals surface area contributed by atoms with Crippen LogP contribution in [0.25, 0.3) is 55.0 Å². The summed E-state index contributed by atoms with van der Waals surface area (Å²) in [5, 5.41) is 5.16. The van der Waals surface area contributed by atoms with Gasteiger partial charge in [0.15, 0.2) is 0 Å². The number of unbranched alkanes of at least 4 members (excludes halogenated alkanes) is 1. The van der Waals surface area contributed by atoms with Crippen molar-refractivity contribution in [2.24, 2.45) is 0 Å². The second kappa shape index (κ2) is 10.1. The maximum absolute atomic E-state index is 2.54. The van der Waals surface area contributed by atoms with Gasteiger partial charge < -0.3 is 14.0 Å². The van der Waals surface area contributed by atoms with Crippen LogP contribution in [0.4, 0.5) is 11.4 Å². The standard InChI is InChI=1S/C40H31N3S/c1-2-3-24-41-37-22-20-27(42-33-16-8-4-12-29(33)30-13-5-9-17-34(30)42)25-39(37)44-40-26-28(21-23-38(40)41)43-35-18-10-6-14-31(35)32-15-7-11-19-36(32)43/h4-23,25-26H,2-3,24H2,1H3. The highest BCUT2D eigenvalue weighted by molar-refractivity contribution is 7.99. The Morgan fingerprint density at radius 3 is 1.25 bits per heavy atom. The molecule has 0 bridgehead atoms. The zero-order valence-corrected chi connectivity index (χ0v) is 25.4. The Bertz CT molecular complexity index is 2110. The number of hydrogen-bond acceptors (Lipinski definition) is 2. The van der Waals surface area contributed by atoms with Crippen molar-refractivity contribution in [3.63, 3.8) is 0 Å². The largest absolute Gasteiger partial charge is 0.340 e. The van der Waals surface area contributed by atoms with Crippen LogP contribution in [-0.4, -0.2) is 15.7 Å². The monoisotopic (exact) mass is 585 g/mol. The summed E-state index contributed by atoms with van der Waals surface area (Å²) in [4.78, 5) is 5.13. The maximum Gasteiger partial charge on any atom is 0.0554 e. The topological polar surface area (TPSA) is 13.1 Å². The quantitative estimate of drug-likeness (QED) is 0.199. The zero-order valence-electron chi connectivity index (χ0n) is 24.6. The minimum Gasteiger partial charge on any atom is -0.340 e. The molecule has 3 nitrogen and oxygen atoms in total. The number of hydrogen-bond donors (Lipinski definition) is 0. The SMILES string of the molecule is CCCCN1c2ccc(-n3c4ccccc4c4ccccc43)cc2Sc2cc(-n3c4ccccc4c4ccccc43)ccc21. The van der Waals surface area contributed by atoms with Gasteiger partial charge in [0.1, 0.15) is 0 Å². The van der Waals surface area contributed by atoms with Crippen LogP contribution >= 0.6 is 11.8 Å². The van der Waals surface area contributed by atoms with Crippen LogP contribution < -0.4 is 4.90 Å². The predicted molar refractivity (Wildman–Crippen MR) is 188 cm³/mol. The van der Waals surface area contributed by atoms with Gasteiger partial charge in [0.2, 0.25) is 0 Å². The Labute approximate surface area is 261 Å². The van der Waals surface area contributed by atoms with Gasteiger partial charge in [-0.05, 0) is 67.1 Å². The van der Waals surface area contributed by atoms with Crippen molar-refractivity contribution in [1.82, 2.24) is 9.13 Å². The molecule has 9 rings (SSSR count). The third-order valence-corrected chi connectivity index (χ3v) is 10.2. The Morgan fingerprint density at radius 1 is 0.477 bits per heavy atom. The molecule has 0 amide bonds. The predicted octanol–water partition coefficient (Wildman–Crippen LogP) is 11.3. The molecule has 0 atom stereocenters. The van der Waals surface area contributed by atoms with Crippen LogP contribution in [0.3, 0.4) is 0 Å². The van der Waals surface area contributed by atoms with E-state index in [0.29, 0.717) is 0 Å². The van der Waals surface area contributed by atoms with Crippen LogP contribution in [-0.2, 0) is 0 Å². The molecule has 8 aromatic rings. The third kappa shape index (κ3) is 3.77. The van der Waals surface area contributed by atoms with Gasteiger partial charge in [-0.1, -0.05) is 97.9 Å². The van der Waals surface area contributed by atoms with E-state index in [1.54, 1.807) is 0 Å². The maximum atomic E-state index is 2.54. The lowest BCUT2D eigenvalue weighted by Gasteiger charge is -2.33. The first-order valence-electron chi connectivity index (χ1n) is 15.5. The first-order valence-corrected chi connectivity index (χ1v) is 16.3. The molecule has 1 aliphatic rings. The molecule has 0 saturated carbocycles. The van der Waals surface area contributed by atoms with Crippen LogP contribution in [0, 0.1) is 0 Å². The molecule has 2 aromatic heterocycles. The van der Waals surface area contributed by atoms with E-state index in [2.05, 4.69) is 154 Å². The van der Waals surface area contributed by atoms with E-state index >= 15 is 0 Å². The van der Waals surface area contributed by atoms with Gasteiger partial charge in [-0.15, -0.1) is 0 Å². The van der Waals surface area contributed by atoms with E-state index in [9.17, 15) is 0 Å². The molecule has 212 valence electrons. The second-order valence-corrected chi connectivity index (χ2v) is 12.7. The van der Waals surface area contributed by atoms with Crippen molar-refractivity contribution in [2.75, 3.05) is 11.4 Å². The molecule has 0 N–H and O–H groups in total. The number of aromatic nitrogens is 2. The molecule has 4 heteroatoms. The highest BCUT2D eigenvalue weighted by Gasteiger charge is 2.25. The number of anilines is 2. The van der Waals surface area contributed by atoms with Gasteiger partial charge in [0.05, 0.1) is 33.4 Å². The zero-order chi connectivity index (χ0) is 29.2. The Balaban J connectivity index is 1.22. The Morgan fingerprint density at radius 2 is 0.864 bits per heavy atom. The van der Waals surface area contributed by atoms with Crippen molar-refractivity contribution < 1.29 is 0 Å². The van der Waals surface area contributed by atoms with Crippen molar-refractivity contribution in [3.8, 4) is 11.4 Å². The van der Waals surface area contributed by atoms with E-state index in [0.717, 1.165) is 19.4 Å². The lowest BCUT2D eigenvalue weighted by Crippen LogP contribution is -2.22. The summed E-state index contributed by atoms with van der Waals surface area (Å²) in [6, 6.07) is 49.1. The fourth-order valence-corrected chi connectivity index (χ4v) is 8.26. The molecular weight excluding hydrogens is 555 g/mol. The molecule has 3 heterocycles. The van der Waals surface area contributed by atoms with E-state index in [-0.39, 0.29) is 0 Å². The summed E-state index contributed by atoms with van der Waals surface area (Å²) in [5.74, 6) is 0. The average molecular weight is 586 g/mol. The Hall–Kier alpha value is -4.93. The molecule has 0 radical (unpaired) electrons. The molecule has 0 fully saturated rings. The van der Waals surface area contributed by atoms with E-state index in [1.165, 1.54) is 76.2 Å². The molecule has 1 aliphatic heterocycles. The first-order chi connectivity index (χ1) is 21.8. The van der Waals surface area contributed by atoms with Gasteiger partial charge in [0, 0.05) is 49.3 Å². The summed E-state index contributed by atoms with van der Waals surface area (Å²) in [5.41, 5.74) is 9.96.